The summed E-state index contributed by atoms with van der Waals surface area (Å²) >= 11 is 1.89. The van der Waals surface area contributed by atoms with Crippen LogP contribution in [0.3, 0.4) is 0 Å². The normalized spacial score (nSPS) is 18.9. The Hall–Kier alpha value is -5.73. The van der Waals surface area contributed by atoms with Crippen LogP contribution < -0.4 is 26.6 Å². The molecule has 0 spiro atoms. The lowest BCUT2D eigenvalue weighted by atomic mass is 10.0. The quantitative estimate of drug-likeness (QED) is 0.0457. The van der Waals surface area contributed by atoms with Gasteiger partial charge in [0.2, 0.25) is 11.8 Å². The summed E-state index contributed by atoms with van der Waals surface area (Å²) in [6, 6.07) is 18.3. The minimum absolute atomic E-state index is 0.0145. The molecule has 5 heterocycles. The Labute approximate surface area is 450 Å². The molecule has 1 aromatic heterocycles. The first-order chi connectivity index (χ1) is 37.1. The molecular formula is C55H75FN10O9S. The van der Waals surface area contributed by atoms with Gasteiger partial charge in [0.05, 0.1) is 82.1 Å². The molecule has 3 atom stereocenters. The second kappa shape index (κ2) is 31.5. The number of halogens is 1. The van der Waals surface area contributed by atoms with E-state index in [1.807, 2.05) is 36.0 Å². The van der Waals surface area contributed by atoms with Gasteiger partial charge in [0.15, 0.2) is 0 Å². The summed E-state index contributed by atoms with van der Waals surface area (Å²) in [7, 11) is 0. The molecule has 2 aromatic carbocycles. The molecular weight excluding hydrogens is 996 g/mol. The Balaban J connectivity index is 0.731. The molecule has 4 fully saturated rings. The molecule has 0 bridgehead atoms. The van der Waals surface area contributed by atoms with Gasteiger partial charge in [0.25, 0.3) is 11.8 Å². The Bertz CT molecular complexity index is 2370. The fourth-order valence-corrected chi connectivity index (χ4v) is 11.3. The third-order valence-electron chi connectivity index (χ3n) is 14.0. The van der Waals surface area contributed by atoms with Gasteiger partial charge < -0.3 is 50.4 Å². The van der Waals surface area contributed by atoms with Crippen molar-refractivity contribution >= 4 is 41.4 Å². The molecule has 76 heavy (non-hydrogen) atoms. The number of hydrogen-bond acceptors (Lipinski definition) is 14. The van der Waals surface area contributed by atoms with E-state index in [9.17, 15) is 28.4 Å². The first-order valence-corrected chi connectivity index (χ1v) is 28.0. The molecule has 21 heteroatoms. The van der Waals surface area contributed by atoms with Crippen LogP contribution in [0.5, 0.6) is 0 Å². The zero-order valence-electron chi connectivity index (χ0n) is 43.6. The van der Waals surface area contributed by atoms with Crippen molar-refractivity contribution in [1.29, 1.82) is 5.26 Å². The highest BCUT2D eigenvalue weighted by Crippen LogP contribution is 2.33. The number of unbranched alkanes of at least 4 members (excludes halogenated alkanes) is 1. The number of hydrogen-bond donors (Lipinski definition) is 5. The highest BCUT2D eigenvalue weighted by molar-refractivity contribution is 8.00. The van der Waals surface area contributed by atoms with Crippen molar-refractivity contribution in [2.45, 2.75) is 94.3 Å². The van der Waals surface area contributed by atoms with Crippen LogP contribution in [0.1, 0.15) is 94.5 Å². The average molecular weight is 1070 g/mol. The fraction of sp³-hybridized carbons (Fsp3) is 0.582. The summed E-state index contributed by atoms with van der Waals surface area (Å²) in [4.78, 5) is 75.0. The summed E-state index contributed by atoms with van der Waals surface area (Å²) in [6.45, 7) is 9.16. The second-order valence-electron chi connectivity index (χ2n) is 19.6. The summed E-state index contributed by atoms with van der Waals surface area (Å²) in [6.07, 6.45) is 7.37. The number of urea groups is 1. The van der Waals surface area contributed by atoms with Crippen molar-refractivity contribution in [2.24, 2.45) is 0 Å². The third kappa shape index (κ3) is 19.4. The number of nitriles is 1. The minimum atomic E-state index is -0.288. The topological polar surface area (TPSA) is 229 Å². The number of aryl methyl sites for hydroxylation is 1. The summed E-state index contributed by atoms with van der Waals surface area (Å²) in [5.74, 6) is 0.0768. The van der Waals surface area contributed by atoms with E-state index in [2.05, 4.69) is 47.4 Å². The number of carbonyl (C=O) groups is 5. The lowest BCUT2D eigenvalue weighted by molar-refractivity contribution is -0.122. The van der Waals surface area contributed by atoms with Crippen LogP contribution in [0.15, 0.2) is 60.8 Å². The predicted octanol–water partition coefficient (Wildman–Crippen LogP) is 3.79. The molecule has 0 aliphatic carbocycles. The molecule has 4 saturated heterocycles. The van der Waals surface area contributed by atoms with E-state index in [4.69, 9.17) is 24.2 Å². The number of piperazine rings is 1. The van der Waals surface area contributed by atoms with Crippen molar-refractivity contribution in [2.75, 3.05) is 111 Å². The molecule has 6 amide bonds. The summed E-state index contributed by atoms with van der Waals surface area (Å²) < 4.78 is 35.7. The van der Waals surface area contributed by atoms with E-state index in [-0.39, 0.29) is 72.3 Å². The molecule has 4 aliphatic heterocycles. The minimum Gasteiger partial charge on any atom is -0.379 e. The lowest BCUT2D eigenvalue weighted by Gasteiger charge is -2.35. The van der Waals surface area contributed by atoms with Gasteiger partial charge in [-0.25, -0.2) is 14.2 Å². The zero-order valence-corrected chi connectivity index (χ0v) is 44.4. The highest BCUT2D eigenvalue weighted by Gasteiger charge is 2.42. The van der Waals surface area contributed by atoms with Gasteiger partial charge >= 0.3 is 6.03 Å². The van der Waals surface area contributed by atoms with Gasteiger partial charge in [-0.05, 0) is 85.5 Å². The van der Waals surface area contributed by atoms with E-state index in [1.165, 1.54) is 18.3 Å². The Morgan fingerprint density at radius 2 is 1.36 bits per heavy atom. The number of nitrogens with zero attached hydrogens (tertiary/aromatic N) is 5. The number of amides is 6. The maximum atomic E-state index is 13.8. The van der Waals surface area contributed by atoms with Crippen molar-refractivity contribution < 1.29 is 47.3 Å². The molecule has 5 N–H and O–H groups in total. The largest absolute Gasteiger partial charge is 0.379 e. The van der Waals surface area contributed by atoms with E-state index < -0.39 is 0 Å². The number of benzene rings is 2. The van der Waals surface area contributed by atoms with Gasteiger partial charge in [-0.3, -0.25) is 29.0 Å². The van der Waals surface area contributed by atoms with Crippen molar-refractivity contribution in [3.05, 3.63) is 100 Å². The Morgan fingerprint density at radius 3 is 2.04 bits per heavy atom. The van der Waals surface area contributed by atoms with E-state index in [0.717, 1.165) is 68.6 Å². The third-order valence-corrected chi connectivity index (χ3v) is 15.5. The van der Waals surface area contributed by atoms with Gasteiger partial charge in [-0.15, -0.1) is 0 Å². The standard InChI is InChI=1S/C55H75FN10O9S/c56-45-13-11-42(12-14-45)38-65-22-24-66(25-23-65)54(70)44-34-43(51(60-36-44)53(69)61-46-15-20-64(21-16-46)37-41-9-7-40(35-57)8-10-41)4-3-18-58-50(68)17-26-72-28-30-74-32-33-75-31-29-73-27-19-59-49(67)6-2-1-5-48-52-47(39-76-48)62-55(71)63-52/h7-14,34,36,46-48,52H,1-6,15-33,37-39H2,(H,58,68)(H,59,67)(H,61,69)(H2,62,63,71)/t47?,48-,52-/m0/s1. The maximum Gasteiger partial charge on any atom is 0.315 e. The SMILES string of the molecule is N#Cc1ccc(CN2CCC(NC(=O)c3ncc(C(=O)N4CCN(Cc5ccc(F)cc5)CC4)cc3CCCNC(=O)CCOCCOCCOCCOCCNC(=O)CCCC[C@@H]3SCC4NC(=O)N[C@@H]43)CC2)cc1. The fourth-order valence-electron chi connectivity index (χ4n) is 9.74. The van der Waals surface area contributed by atoms with Crippen LogP contribution in [0, 0.1) is 17.1 Å². The number of thioether (sulfide) groups is 1. The first kappa shape index (κ1) is 58.0. The molecule has 0 saturated carbocycles. The lowest BCUT2D eigenvalue weighted by Crippen LogP contribution is -2.48. The number of fused-ring (bicyclic) bond motifs is 1. The number of piperidine rings is 1. The predicted molar refractivity (Wildman–Crippen MR) is 285 cm³/mol. The van der Waals surface area contributed by atoms with Crippen molar-refractivity contribution in [1.82, 2.24) is 46.3 Å². The molecule has 412 valence electrons. The Morgan fingerprint density at radius 1 is 0.737 bits per heavy atom. The summed E-state index contributed by atoms with van der Waals surface area (Å²) in [5.41, 5.74) is 4.09. The van der Waals surface area contributed by atoms with Crippen molar-refractivity contribution in [3.63, 3.8) is 0 Å². The smallest absolute Gasteiger partial charge is 0.315 e. The summed E-state index contributed by atoms with van der Waals surface area (Å²) in [5, 5.41) is 24.5. The molecule has 7 rings (SSSR count). The first-order valence-electron chi connectivity index (χ1n) is 26.9. The van der Waals surface area contributed by atoms with Crippen LogP contribution in [0.25, 0.3) is 0 Å². The van der Waals surface area contributed by atoms with Crippen LogP contribution in [-0.2, 0) is 48.0 Å². The van der Waals surface area contributed by atoms with Gasteiger partial charge in [0.1, 0.15) is 11.5 Å². The van der Waals surface area contributed by atoms with E-state index in [0.29, 0.717) is 133 Å². The van der Waals surface area contributed by atoms with Crippen LogP contribution in [0.2, 0.25) is 0 Å². The number of aromatic nitrogens is 1. The van der Waals surface area contributed by atoms with Crippen LogP contribution >= 0.6 is 11.8 Å². The second-order valence-corrected chi connectivity index (χ2v) is 20.9. The average Bonchev–Trinajstić information content (AvgIpc) is 4.00. The number of likely N-dealkylation sites (tertiary alicyclic amines) is 1. The van der Waals surface area contributed by atoms with Gasteiger partial charge in [-0.2, -0.15) is 17.0 Å². The molecule has 19 nitrogen and oxygen atoms in total. The van der Waals surface area contributed by atoms with Crippen LogP contribution in [-0.4, -0.2) is 184 Å². The number of pyridine rings is 1. The van der Waals surface area contributed by atoms with Gasteiger partial charge in [0, 0.05) is 102 Å². The Kier molecular flexibility index (Phi) is 24.0. The van der Waals surface area contributed by atoms with Crippen molar-refractivity contribution in [3.8, 4) is 6.07 Å². The number of rotatable bonds is 31. The van der Waals surface area contributed by atoms with E-state index in [1.54, 1.807) is 23.1 Å². The number of nitrogens with one attached hydrogen (secondary N) is 5. The number of carbonyl (C=O) groups excluding carboxylic acids is 5. The van der Waals surface area contributed by atoms with E-state index >= 15 is 0 Å². The maximum absolute atomic E-state index is 13.8. The molecule has 3 aromatic rings. The monoisotopic (exact) mass is 1070 g/mol. The zero-order chi connectivity index (χ0) is 53.3. The van der Waals surface area contributed by atoms with Gasteiger partial charge in [-0.1, -0.05) is 30.7 Å². The molecule has 4 aliphatic rings. The highest BCUT2D eigenvalue weighted by atomic mass is 32.2. The van der Waals surface area contributed by atoms with Crippen LogP contribution in [0.4, 0.5) is 9.18 Å². The molecule has 1 unspecified atom stereocenters. The number of ether oxygens (including phenoxy) is 4. The molecule has 0 radical (unpaired) electrons.